The van der Waals surface area contributed by atoms with Crippen molar-refractivity contribution in [3.8, 4) is 0 Å². The molecule has 0 radical (unpaired) electrons. The van der Waals surface area contributed by atoms with Crippen LogP contribution in [0.3, 0.4) is 0 Å². The number of nitrogens with one attached hydrogen (secondary N) is 1. The summed E-state index contributed by atoms with van der Waals surface area (Å²) in [6.45, 7) is 0.426. The summed E-state index contributed by atoms with van der Waals surface area (Å²) in [5, 5.41) is 12.3. The summed E-state index contributed by atoms with van der Waals surface area (Å²) in [4.78, 5) is 36.1. The van der Waals surface area contributed by atoms with Crippen LogP contribution in [0.5, 0.6) is 0 Å². The van der Waals surface area contributed by atoms with E-state index in [-0.39, 0.29) is 17.7 Å². The lowest BCUT2D eigenvalue weighted by atomic mass is 9.68. The van der Waals surface area contributed by atoms with Crippen LogP contribution in [0.15, 0.2) is 54.6 Å². The summed E-state index contributed by atoms with van der Waals surface area (Å²) in [5.41, 5.74) is 3.28. The molecule has 1 amide bonds. The highest BCUT2D eigenvalue weighted by Crippen LogP contribution is 2.47. The quantitative estimate of drug-likeness (QED) is 0.443. The lowest BCUT2D eigenvalue weighted by molar-refractivity contribution is -0.138. The SMILES string of the molecule is COC(=O)/C=C/c1cccc(C2(C(=O)NCc3ccc(C4CC4C(=O)O)cc3)CCCCC2)c1. The number of rotatable bonds is 8. The second-order valence-electron chi connectivity index (χ2n) is 9.34. The average Bonchev–Trinajstić information content (AvgIpc) is 3.68. The lowest BCUT2D eigenvalue weighted by Gasteiger charge is -2.36. The number of carboxylic acids is 1. The Bertz CT molecular complexity index is 1080. The van der Waals surface area contributed by atoms with E-state index in [1.54, 1.807) is 6.08 Å². The summed E-state index contributed by atoms with van der Waals surface area (Å²) >= 11 is 0. The fourth-order valence-electron chi connectivity index (χ4n) is 5.05. The molecule has 34 heavy (non-hydrogen) atoms. The number of methoxy groups -OCH3 is 1. The Morgan fingerprint density at radius 2 is 1.82 bits per heavy atom. The average molecular weight is 462 g/mol. The first-order chi connectivity index (χ1) is 16.4. The van der Waals surface area contributed by atoms with Crippen LogP contribution < -0.4 is 5.32 Å². The van der Waals surface area contributed by atoms with Gasteiger partial charge in [-0.1, -0.05) is 67.8 Å². The zero-order chi connectivity index (χ0) is 24.1. The van der Waals surface area contributed by atoms with Crippen molar-refractivity contribution in [3.05, 3.63) is 76.9 Å². The van der Waals surface area contributed by atoms with E-state index in [1.807, 2.05) is 48.5 Å². The first kappa shape index (κ1) is 23.7. The molecule has 2 N–H and O–H groups in total. The number of aliphatic carboxylic acids is 1. The largest absolute Gasteiger partial charge is 0.481 e. The fraction of sp³-hybridized carbons (Fsp3) is 0.393. The summed E-state index contributed by atoms with van der Waals surface area (Å²) in [6, 6.07) is 15.7. The third kappa shape index (κ3) is 5.22. The second-order valence-corrected chi connectivity index (χ2v) is 9.34. The number of hydrogen-bond donors (Lipinski definition) is 2. The van der Waals surface area contributed by atoms with E-state index in [1.165, 1.54) is 13.2 Å². The zero-order valence-electron chi connectivity index (χ0n) is 19.5. The van der Waals surface area contributed by atoms with Gasteiger partial charge in [0.2, 0.25) is 5.91 Å². The van der Waals surface area contributed by atoms with Gasteiger partial charge in [0.1, 0.15) is 0 Å². The Kier molecular flexibility index (Phi) is 7.15. The normalized spacial score (nSPS) is 21.1. The smallest absolute Gasteiger partial charge is 0.330 e. The molecule has 0 aliphatic heterocycles. The molecule has 0 aromatic heterocycles. The van der Waals surface area contributed by atoms with Gasteiger partial charge >= 0.3 is 11.9 Å². The number of benzene rings is 2. The van der Waals surface area contributed by atoms with Crippen molar-refractivity contribution in [3.63, 3.8) is 0 Å². The second kappa shape index (κ2) is 10.2. The molecule has 2 unspecified atom stereocenters. The van der Waals surface area contributed by atoms with Crippen molar-refractivity contribution in [1.29, 1.82) is 0 Å². The van der Waals surface area contributed by atoms with E-state index in [4.69, 9.17) is 5.11 Å². The predicted molar refractivity (Wildman–Crippen MR) is 129 cm³/mol. The van der Waals surface area contributed by atoms with E-state index >= 15 is 0 Å². The molecule has 2 fully saturated rings. The molecular weight excluding hydrogens is 430 g/mol. The molecule has 6 nitrogen and oxygen atoms in total. The maximum atomic E-state index is 13.6. The van der Waals surface area contributed by atoms with Crippen LogP contribution in [-0.2, 0) is 31.1 Å². The minimum atomic E-state index is -0.732. The minimum Gasteiger partial charge on any atom is -0.481 e. The van der Waals surface area contributed by atoms with Crippen molar-refractivity contribution in [2.45, 2.75) is 56.4 Å². The van der Waals surface area contributed by atoms with Crippen LogP contribution in [0.25, 0.3) is 6.08 Å². The number of carbonyl (C=O) groups excluding carboxylic acids is 2. The molecule has 0 heterocycles. The Labute approximate surface area is 200 Å². The van der Waals surface area contributed by atoms with E-state index < -0.39 is 17.4 Å². The summed E-state index contributed by atoms with van der Waals surface area (Å²) in [5.74, 6) is -1.29. The molecule has 4 rings (SSSR count). The number of ether oxygens (including phenoxy) is 1. The van der Waals surface area contributed by atoms with Crippen molar-refractivity contribution < 1.29 is 24.2 Å². The first-order valence-corrected chi connectivity index (χ1v) is 11.9. The summed E-state index contributed by atoms with van der Waals surface area (Å²) in [7, 11) is 1.34. The van der Waals surface area contributed by atoms with Gasteiger partial charge in [-0.15, -0.1) is 0 Å². The minimum absolute atomic E-state index is 0.0264. The molecular formula is C28H31NO5. The van der Waals surface area contributed by atoms with Crippen molar-refractivity contribution in [2.75, 3.05) is 7.11 Å². The topological polar surface area (TPSA) is 92.7 Å². The lowest BCUT2D eigenvalue weighted by Crippen LogP contribution is -2.45. The molecule has 178 valence electrons. The highest BCUT2D eigenvalue weighted by atomic mass is 16.5. The van der Waals surface area contributed by atoms with Gasteiger partial charge < -0.3 is 15.2 Å². The van der Waals surface area contributed by atoms with Crippen molar-refractivity contribution in [2.24, 2.45) is 5.92 Å². The molecule has 2 atom stereocenters. The third-order valence-corrected chi connectivity index (χ3v) is 7.16. The molecule has 6 heteroatoms. The van der Waals surface area contributed by atoms with Gasteiger partial charge in [-0.05, 0) is 53.5 Å². The van der Waals surface area contributed by atoms with E-state index in [0.29, 0.717) is 13.0 Å². The van der Waals surface area contributed by atoms with Crippen LogP contribution in [0.1, 0.15) is 66.7 Å². The fourth-order valence-corrected chi connectivity index (χ4v) is 5.05. The maximum Gasteiger partial charge on any atom is 0.330 e. The number of carboxylic acid groups (broad SMARTS) is 1. The first-order valence-electron chi connectivity index (χ1n) is 11.9. The maximum absolute atomic E-state index is 13.6. The molecule has 2 aromatic rings. The van der Waals surface area contributed by atoms with Gasteiger partial charge in [-0.25, -0.2) is 4.79 Å². The summed E-state index contributed by atoms with van der Waals surface area (Å²) < 4.78 is 4.67. The predicted octanol–water partition coefficient (Wildman–Crippen LogP) is 4.58. The Hall–Kier alpha value is -3.41. The third-order valence-electron chi connectivity index (χ3n) is 7.16. The van der Waals surface area contributed by atoms with Gasteiger partial charge in [0, 0.05) is 12.6 Å². The van der Waals surface area contributed by atoms with Gasteiger partial charge in [-0.2, -0.15) is 0 Å². The molecule has 2 aromatic carbocycles. The van der Waals surface area contributed by atoms with Crippen LogP contribution in [-0.4, -0.2) is 30.1 Å². The number of esters is 1. The van der Waals surface area contributed by atoms with E-state index in [2.05, 4.69) is 10.1 Å². The molecule has 0 bridgehead atoms. The molecule has 2 aliphatic carbocycles. The van der Waals surface area contributed by atoms with E-state index in [0.717, 1.165) is 54.4 Å². The monoisotopic (exact) mass is 461 g/mol. The van der Waals surface area contributed by atoms with Crippen molar-refractivity contribution in [1.82, 2.24) is 5.32 Å². The Morgan fingerprint density at radius 3 is 2.47 bits per heavy atom. The standard InChI is InChI=1S/C28H31NO5/c1-34-25(30)13-10-19-6-5-7-22(16-19)28(14-3-2-4-15-28)27(33)29-18-20-8-11-21(12-9-20)23-17-24(23)26(31)32/h5-13,16,23-24H,2-4,14-15,17-18H2,1H3,(H,29,33)(H,31,32)/b13-10+. The van der Waals surface area contributed by atoms with Crippen LogP contribution in [0.2, 0.25) is 0 Å². The van der Waals surface area contributed by atoms with Gasteiger partial charge in [-0.3, -0.25) is 9.59 Å². The Balaban J connectivity index is 1.46. The molecule has 2 saturated carbocycles. The molecule has 0 saturated heterocycles. The van der Waals surface area contributed by atoms with Crippen LogP contribution >= 0.6 is 0 Å². The summed E-state index contributed by atoms with van der Waals surface area (Å²) in [6.07, 6.45) is 8.49. The van der Waals surface area contributed by atoms with E-state index in [9.17, 15) is 14.4 Å². The number of hydrogen-bond acceptors (Lipinski definition) is 4. The van der Waals surface area contributed by atoms with Gasteiger partial charge in [0.25, 0.3) is 0 Å². The van der Waals surface area contributed by atoms with Gasteiger partial charge in [0.15, 0.2) is 0 Å². The van der Waals surface area contributed by atoms with Crippen LogP contribution in [0, 0.1) is 5.92 Å². The van der Waals surface area contributed by atoms with Gasteiger partial charge in [0.05, 0.1) is 18.4 Å². The van der Waals surface area contributed by atoms with Crippen LogP contribution in [0.4, 0.5) is 0 Å². The highest BCUT2D eigenvalue weighted by molar-refractivity contribution is 5.89. The Morgan fingerprint density at radius 1 is 1.09 bits per heavy atom. The number of carbonyl (C=O) groups is 3. The highest BCUT2D eigenvalue weighted by Gasteiger charge is 2.44. The van der Waals surface area contributed by atoms with Crippen molar-refractivity contribution >= 4 is 23.9 Å². The number of amides is 1. The zero-order valence-corrected chi connectivity index (χ0v) is 19.5. The molecule has 0 spiro atoms. The molecule has 2 aliphatic rings.